The van der Waals surface area contributed by atoms with Gasteiger partial charge in [0.05, 0.1) is 19.0 Å². The summed E-state index contributed by atoms with van der Waals surface area (Å²) in [7, 11) is 1.59. The molecule has 0 saturated heterocycles. The number of pyridine rings is 1. The van der Waals surface area contributed by atoms with Crippen molar-refractivity contribution in [3.8, 4) is 5.75 Å². The third kappa shape index (κ3) is 4.44. The third-order valence-corrected chi connectivity index (χ3v) is 4.25. The van der Waals surface area contributed by atoms with Crippen LogP contribution in [0.1, 0.15) is 23.0 Å². The molecule has 1 heterocycles. The number of benzene rings is 2. The van der Waals surface area contributed by atoms with Crippen LogP contribution in [0.4, 0.5) is 17.1 Å². The van der Waals surface area contributed by atoms with E-state index in [1.54, 1.807) is 25.4 Å². The molecule has 0 atom stereocenters. The van der Waals surface area contributed by atoms with Gasteiger partial charge >= 0.3 is 0 Å². The first kappa shape index (κ1) is 18.5. The molecule has 0 unspecified atom stereocenters. The highest BCUT2D eigenvalue weighted by Gasteiger charge is 2.11. The number of carbonyl (C=O) groups excluding carboxylic acids is 1. The van der Waals surface area contributed by atoms with Gasteiger partial charge in [-0.3, -0.25) is 4.79 Å². The van der Waals surface area contributed by atoms with Gasteiger partial charge in [-0.15, -0.1) is 0 Å². The minimum atomic E-state index is -0.256. The lowest BCUT2D eigenvalue weighted by atomic mass is 10.2. The van der Waals surface area contributed by atoms with Crippen LogP contribution >= 0.6 is 0 Å². The Morgan fingerprint density at radius 3 is 2.56 bits per heavy atom. The van der Waals surface area contributed by atoms with Gasteiger partial charge in [-0.25, -0.2) is 4.98 Å². The molecule has 0 aliphatic carbocycles. The molecular formula is C22H23N3O2. The Bertz CT molecular complexity index is 923. The predicted molar refractivity (Wildman–Crippen MR) is 109 cm³/mol. The zero-order valence-electron chi connectivity index (χ0n) is 15.8. The minimum absolute atomic E-state index is 0.256. The highest BCUT2D eigenvalue weighted by Crippen LogP contribution is 2.25. The van der Waals surface area contributed by atoms with Gasteiger partial charge in [0.1, 0.15) is 11.4 Å². The van der Waals surface area contributed by atoms with E-state index < -0.39 is 0 Å². The monoisotopic (exact) mass is 361 g/mol. The van der Waals surface area contributed by atoms with Gasteiger partial charge in [-0.2, -0.15) is 0 Å². The molecule has 0 bridgehead atoms. The second-order valence-corrected chi connectivity index (χ2v) is 6.17. The second-order valence-electron chi connectivity index (χ2n) is 6.17. The molecule has 5 heteroatoms. The van der Waals surface area contributed by atoms with Crippen LogP contribution in [0.15, 0.2) is 66.9 Å². The SMILES string of the molecule is CCN(c1ccc(C(=O)Nc2cccc(OC)c2)nc1)c1cccc(C)c1. The van der Waals surface area contributed by atoms with E-state index >= 15 is 0 Å². The van der Waals surface area contributed by atoms with Crippen LogP contribution in [0.3, 0.4) is 0 Å². The highest BCUT2D eigenvalue weighted by molar-refractivity contribution is 6.03. The van der Waals surface area contributed by atoms with Crippen LogP contribution in [-0.2, 0) is 0 Å². The number of hydrogen-bond donors (Lipinski definition) is 1. The van der Waals surface area contributed by atoms with E-state index in [4.69, 9.17) is 4.74 Å². The van der Waals surface area contributed by atoms with Crippen LogP contribution in [-0.4, -0.2) is 24.5 Å². The standard InChI is InChI=1S/C22H23N3O2/c1-4-25(18-9-5-7-16(2)13-18)19-11-12-21(23-15-19)22(26)24-17-8-6-10-20(14-17)27-3/h5-15H,4H2,1-3H3,(H,24,26). The van der Waals surface area contributed by atoms with Crippen LogP contribution < -0.4 is 15.0 Å². The number of aromatic nitrogens is 1. The Morgan fingerprint density at radius 2 is 1.89 bits per heavy atom. The topological polar surface area (TPSA) is 54.5 Å². The van der Waals surface area contributed by atoms with E-state index in [1.165, 1.54) is 5.56 Å². The van der Waals surface area contributed by atoms with Gasteiger partial charge in [0, 0.05) is 24.0 Å². The molecule has 0 saturated carbocycles. The van der Waals surface area contributed by atoms with Crippen LogP contribution in [0.2, 0.25) is 0 Å². The van der Waals surface area contributed by atoms with E-state index in [9.17, 15) is 4.79 Å². The zero-order valence-corrected chi connectivity index (χ0v) is 15.8. The number of rotatable bonds is 6. The van der Waals surface area contributed by atoms with Crippen molar-refractivity contribution in [3.05, 3.63) is 78.1 Å². The smallest absolute Gasteiger partial charge is 0.274 e. The molecule has 3 rings (SSSR count). The molecule has 0 aliphatic heterocycles. The molecule has 1 aromatic heterocycles. The summed E-state index contributed by atoms with van der Waals surface area (Å²) in [6.45, 7) is 4.97. The fraction of sp³-hybridized carbons (Fsp3) is 0.182. The van der Waals surface area contributed by atoms with E-state index in [2.05, 4.69) is 47.2 Å². The lowest BCUT2D eigenvalue weighted by Crippen LogP contribution is -2.18. The van der Waals surface area contributed by atoms with Crippen molar-refractivity contribution in [2.75, 3.05) is 23.9 Å². The van der Waals surface area contributed by atoms with E-state index in [-0.39, 0.29) is 5.91 Å². The van der Waals surface area contributed by atoms with E-state index in [0.29, 0.717) is 17.1 Å². The first-order valence-corrected chi connectivity index (χ1v) is 8.86. The maximum Gasteiger partial charge on any atom is 0.274 e. The maximum atomic E-state index is 12.5. The Hall–Kier alpha value is -3.34. The fourth-order valence-electron chi connectivity index (χ4n) is 2.89. The molecule has 1 amide bonds. The summed E-state index contributed by atoms with van der Waals surface area (Å²) in [5.41, 5.74) is 4.28. The third-order valence-electron chi connectivity index (χ3n) is 4.25. The number of amides is 1. The van der Waals surface area contributed by atoms with Crippen LogP contribution in [0.25, 0.3) is 0 Å². The molecule has 138 valence electrons. The Kier molecular flexibility index (Phi) is 5.71. The van der Waals surface area contributed by atoms with Crippen LogP contribution in [0.5, 0.6) is 5.75 Å². The summed E-state index contributed by atoms with van der Waals surface area (Å²) in [5, 5.41) is 2.84. The quantitative estimate of drug-likeness (QED) is 0.685. The van der Waals surface area contributed by atoms with Gasteiger partial charge in [0.25, 0.3) is 5.91 Å². The molecule has 0 radical (unpaired) electrons. The number of anilines is 3. The van der Waals surface area contributed by atoms with Crippen molar-refractivity contribution in [3.63, 3.8) is 0 Å². The number of hydrogen-bond acceptors (Lipinski definition) is 4. The summed E-state index contributed by atoms with van der Waals surface area (Å²) in [4.78, 5) is 19.0. The van der Waals surface area contributed by atoms with Gasteiger partial charge in [-0.05, 0) is 55.8 Å². The Balaban J connectivity index is 1.76. The minimum Gasteiger partial charge on any atom is -0.497 e. The average Bonchev–Trinajstić information content (AvgIpc) is 2.69. The highest BCUT2D eigenvalue weighted by atomic mass is 16.5. The average molecular weight is 361 g/mol. The number of carbonyl (C=O) groups is 1. The summed E-state index contributed by atoms with van der Waals surface area (Å²) in [6.07, 6.45) is 1.73. The summed E-state index contributed by atoms with van der Waals surface area (Å²) in [6, 6.07) is 19.2. The maximum absolute atomic E-state index is 12.5. The lowest BCUT2D eigenvalue weighted by molar-refractivity contribution is 0.102. The number of methoxy groups -OCH3 is 1. The summed E-state index contributed by atoms with van der Waals surface area (Å²) < 4.78 is 5.17. The molecule has 0 aliphatic rings. The lowest BCUT2D eigenvalue weighted by Gasteiger charge is -2.23. The van der Waals surface area contributed by atoms with Crippen molar-refractivity contribution < 1.29 is 9.53 Å². The van der Waals surface area contributed by atoms with Crippen molar-refractivity contribution in [2.24, 2.45) is 0 Å². The summed E-state index contributed by atoms with van der Waals surface area (Å²) >= 11 is 0. The predicted octanol–water partition coefficient (Wildman–Crippen LogP) is 4.81. The van der Waals surface area contributed by atoms with E-state index in [0.717, 1.165) is 17.9 Å². The van der Waals surface area contributed by atoms with Gasteiger partial charge in [0.15, 0.2) is 0 Å². The molecular weight excluding hydrogens is 338 g/mol. The zero-order chi connectivity index (χ0) is 19.2. The first-order chi connectivity index (χ1) is 13.1. The Labute approximate surface area is 159 Å². The largest absolute Gasteiger partial charge is 0.497 e. The van der Waals surface area contributed by atoms with Gasteiger partial charge in [-0.1, -0.05) is 18.2 Å². The number of nitrogens with one attached hydrogen (secondary N) is 1. The van der Waals surface area contributed by atoms with E-state index in [1.807, 2.05) is 30.3 Å². The van der Waals surface area contributed by atoms with Crippen molar-refractivity contribution in [1.29, 1.82) is 0 Å². The second kappa shape index (κ2) is 8.36. The van der Waals surface area contributed by atoms with Gasteiger partial charge < -0.3 is 15.0 Å². The molecule has 1 N–H and O–H groups in total. The van der Waals surface area contributed by atoms with Crippen molar-refractivity contribution >= 4 is 23.0 Å². The molecule has 3 aromatic rings. The molecule has 2 aromatic carbocycles. The van der Waals surface area contributed by atoms with Crippen molar-refractivity contribution in [2.45, 2.75) is 13.8 Å². The van der Waals surface area contributed by atoms with Crippen LogP contribution in [0, 0.1) is 6.92 Å². The molecule has 5 nitrogen and oxygen atoms in total. The summed E-state index contributed by atoms with van der Waals surface area (Å²) in [5.74, 6) is 0.432. The van der Waals surface area contributed by atoms with Gasteiger partial charge in [0.2, 0.25) is 0 Å². The fourth-order valence-corrected chi connectivity index (χ4v) is 2.89. The number of ether oxygens (including phenoxy) is 1. The molecule has 0 spiro atoms. The number of nitrogens with zero attached hydrogens (tertiary/aromatic N) is 2. The molecule has 0 fully saturated rings. The Morgan fingerprint density at radius 1 is 1.07 bits per heavy atom. The molecule has 27 heavy (non-hydrogen) atoms. The van der Waals surface area contributed by atoms with Crippen molar-refractivity contribution in [1.82, 2.24) is 4.98 Å². The number of aryl methyl sites for hydroxylation is 1. The first-order valence-electron chi connectivity index (χ1n) is 8.86. The normalized spacial score (nSPS) is 10.3.